The molecule has 3 heterocycles. The molecule has 0 aliphatic rings. The lowest BCUT2D eigenvalue weighted by atomic mass is 10.5. The Balaban J connectivity index is 1.79. The maximum absolute atomic E-state index is 4.49. The first kappa shape index (κ1) is 11.2. The monoisotopic (exact) mass is 303 g/mol. The second-order valence-electron chi connectivity index (χ2n) is 3.77. The maximum Gasteiger partial charge on any atom is 0.222 e. The minimum atomic E-state index is 0.601. The number of nitrogens with one attached hydrogen (secondary N) is 1. The van der Waals surface area contributed by atoms with E-state index in [1.807, 2.05) is 28.9 Å². The molecular weight excluding hydrogens is 294 g/mol. The van der Waals surface area contributed by atoms with Crippen LogP contribution in [0, 0.1) is 0 Å². The molecule has 3 rings (SSSR count). The first-order valence-corrected chi connectivity index (χ1v) is 6.24. The van der Waals surface area contributed by atoms with Gasteiger partial charge in [0.15, 0.2) is 0 Å². The number of hydrogen-bond acceptors (Lipinski definition) is 4. The SMILES string of the molecule is Brc1ccc2nc(CNc3ncccn3)cn2c1. The van der Waals surface area contributed by atoms with Gasteiger partial charge in [-0.15, -0.1) is 0 Å². The first-order valence-electron chi connectivity index (χ1n) is 5.45. The average Bonchev–Trinajstić information content (AvgIpc) is 2.79. The van der Waals surface area contributed by atoms with E-state index in [-0.39, 0.29) is 0 Å². The molecule has 90 valence electrons. The van der Waals surface area contributed by atoms with Crippen molar-refractivity contribution >= 4 is 27.5 Å². The highest BCUT2D eigenvalue weighted by atomic mass is 79.9. The Hall–Kier alpha value is -1.95. The summed E-state index contributed by atoms with van der Waals surface area (Å²) in [7, 11) is 0. The van der Waals surface area contributed by atoms with Crippen LogP contribution in [0.5, 0.6) is 0 Å². The van der Waals surface area contributed by atoms with Crippen molar-refractivity contribution in [3.8, 4) is 0 Å². The van der Waals surface area contributed by atoms with Gasteiger partial charge in [-0.2, -0.15) is 0 Å². The molecule has 0 radical (unpaired) electrons. The van der Waals surface area contributed by atoms with E-state index in [1.165, 1.54) is 0 Å². The summed E-state index contributed by atoms with van der Waals surface area (Å²) in [5.74, 6) is 0.607. The van der Waals surface area contributed by atoms with Gasteiger partial charge in [-0.3, -0.25) is 0 Å². The number of halogens is 1. The van der Waals surface area contributed by atoms with E-state index < -0.39 is 0 Å². The number of rotatable bonds is 3. The second kappa shape index (κ2) is 4.73. The molecule has 6 heteroatoms. The van der Waals surface area contributed by atoms with Crippen LogP contribution in [0.1, 0.15) is 5.69 Å². The molecule has 0 aliphatic carbocycles. The Morgan fingerprint density at radius 2 is 2.00 bits per heavy atom. The van der Waals surface area contributed by atoms with E-state index >= 15 is 0 Å². The van der Waals surface area contributed by atoms with Crippen molar-refractivity contribution in [1.82, 2.24) is 19.4 Å². The highest BCUT2D eigenvalue weighted by molar-refractivity contribution is 9.10. The van der Waals surface area contributed by atoms with Crippen molar-refractivity contribution < 1.29 is 0 Å². The third-order valence-electron chi connectivity index (χ3n) is 2.46. The Labute approximate surface area is 112 Å². The van der Waals surface area contributed by atoms with Crippen LogP contribution in [0.3, 0.4) is 0 Å². The van der Waals surface area contributed by atoms with Gasteiger partial charge < -0.3 is 9.72 Å². The molecule has 3 aromatic rings. The van der Waals surface area contributed by atoms with Crippen molar-refractivity contribution in [3.05, 3.63) is 53.2 Å². The summed E-state index contributed by atoms with van der Waals surface area (Å²) >= 11 is 3.43. The number of fused-ring (bicyclic) bond motifs is 1. The van der Waals surface area contributed by atoms with Crippen LogP contribution in [0.2, 0.25) is 0 Å². The van der Waals surface area contributed by atoms with E-state index in [9.17, 15) is 0 Å². The van der Waals surface area contributed by atoms with Crippen LogP contribution in [0.4, 0.5) is 5.95 Å². The molecular formula is C12H10BrN5. The topological polar surface area (TPSA) is 55.1 Å². The summed E-state index contributed by atoms with van der Waals surface area (Å²) in [6.45, 7) is 0.601. The van der Waals surface area contributed by atoms with Crippen LogP contribution in [-0.4, -0.2) is 19.4 Å². The standard InChI is InChI=1S/C12H10BrN5/c13-9-2-3-11-17-10(8-18(11)7-9)6-16-12-14-4-1-5-15-12/h1-5,7-8H,6H2,(H,14,15,16). The zero-order valence-electron chi connectivity index (χ0n) is 9.42. The first-order chi connectivity index (χ1) is 8.81. The van der Waals surface area contributed by atoms with Crippen molar-refractivity contribution in [2.24, 2.45) is 0 Å². The van der Waals surface area contributed by atoms with Gasteiger partial charge in [-0.1, -0.05) is 0 Å². The Kier molecular flexibility index (Phi) is 2.93. The van der Waals surface area contributed by atoms with E-state index in [1.54, 1.807) is 18.5 Å². The lowest BCUT2D eigenvalue weighted by molar-refractivity contribution is 1.02. The number of imidazole rings is 1. The Bertz CT molecular complexity index is 665. The number of aromatic nitrogens is 4. The van der Waals surface area contributed by atoms with Crippen LogP contribution in [0.15, 0.2) is 47.5 Å². The van der Waals surface area contributed by atoms with Crippen molar-refractivity contribution in [3.63, 3.8) is 0 Å². The van der Waals surface area contributed by atoms with Crippen molar-refractivity contribution in [1.29, 1.82) is 0 Å². The van der Waals surface area contributed by atoms with Gasteiger partial charge in [0, 0.05) is 29.3 Å². The highest BCUT2D eigenvalue weighted by Gasteiger charge is 2.02. The fraction of sp³-hybridized carbons (Fsp3) is 0.0833. The molecule has 0 aliphatic heterocycles. The lowest BCUT2D eigenvalue weighted by Crippen LogP contribution is -2.02. The molecule has 18 heavy (non-hydrogen) atoms. The molecule has 0 saturated carbocycles. The summed E-state index contributed by atoms with van der Waals surface area (Å²) in [6.07, 6.45) is 7.37. The van der Waals surface area contributed by atoms with Gasteiger partial charge in [0.2, 0.25) is 5.95 Å². The number of pyridine rings is 1. The van der Waals surface area contributed by atoms with Gasteiger partial charge in [0.25, 0.3) is 0 Å². The van der Waals surface area contributed by atoms with E-state index in [4.69, 9.17) is 0 Å². The summed E-state index contributed by atoms with van der Waals surface area (Å²) < 4.78 is 3.01. The van der Waals surface area contributed by atoms with E-state index in [0.29, 0.717) is 12.5 Å². The fourth-order valence-corrected chi connectivity index (χ4v) is 2.02. The summed E-state index contributed by atoms with van der Waals surface area (Å²) in [6, 6.07) is 5.72. The zero-order valence-corrected chi connectivity index (χ0v) is 11.0. The predicted octanol–water partition coefficient (Wildman–Crippen LogP) is 2.50. The third kappa shape index (κ3) is 2.33. The fourth-order valence-electron chi connectivity index (χ4n) is 1.66. The van der Waals surface area contributed by atoms with E-state index in [0.717, 1.165) is 15.8 Å². The molecule has 3 aromatic heterocycles. The highest BCUT2D eigenvalue weighted by Crippen LogP contribution is 2.12. The van der Waals surface area contributed by atoms with Crippen LogP contribution >= 0.6 is 15.9 Å². The quantitative estimate of drug-likeness (QED) is 0.808. The van der Waals surface area contributed by atoms with Crippen molar-refractivity contribution in [2.75, 3.05) is 5.32 Å². The van der Waals surface area contributed by atoms with Gasteiger partial charge in [-0.05, 0) is 34.1 Å². The zero-order chi connectivity index (χ0) is 12.4. The molecule has 0 amide bonds. The summed E-state index contributed by atoms with van der Waals surface area (Å²) in [5, 5.41) is 3.13. The Morgan fingerprint density at radius 1 is 1.17 bits per heavy atom. The molecule has 1 N–H and O–H groups in total. The van der Waals surface area contributed by atoms with Crippen LogP contribution < -0.4 is 5.32 Å². The number of hydrogen-bond donors (Lipinski definition) is 1. The Morgan fingerprint density at radius 3 is 2.83 bits per heavy atom. The van der Waals surface area contributed by atoms with E-state index in [2.05, 4.69) is 36.2 Å². The molecule has 0 atom stereocenters. The second-order valence-corrected chi connectivity index (χ2v) is 4.69. The van der Waals surface area contributed by atoms with Crippen molar-refractivity contribution in [2.45, 2.75) is 6.54 Å². The average molecular weight is 304 g/mol. The van der Waals surface area contributed by atoms with Gasteiger partial charge in [0.1, 0.15) is 5.65 Å². The van der Waals surface area contributed by atoms with Gasteiger partial charge in [-0.25, -0.2) is 15.0 Å². The third-order valence-corrected chi connectivity index (χ3v) is 2.93. The predicted molar refractivity (Wildman–Crippen MR) is 72.3 cm³/mol. The summed E-state index contributed by atoms with van der Waals surface area (Å²) in [4.78, 5) is 12.7. The number of anilines is 1. The molecule has 0 aromatic carbocycles. The maximum atomic E-state index is 4.49. The largest absolute Gasteiger partial charge is 0.349 e. The normalized spacial score (nSPS) is 10.7. The number of nitrogens with zero attached hydrogens (tertiary/aromatic N) is 4. The van der Waals surface area contributed by atoms with Gasteiger partial charge >= 0.3 is 0 Å². The summed E-state index contributed by atoms with van der Waals surface area (Å²) in [5.41, 5.74) is 1.87. The minimum absolute atomic E-state index is 0.601. The molecule has 0 spiro atoms. The van der Waals surface area contributed by atoms with Crippen LogP contribution in [-0.2, 0) is 6.54 Å². The van der Waals surface area contributed by atoms with Crippen LogP contribution in [0.25, 0.3) is 5.65 Å². The molecule has 0 bridgehead atoms. The minimum Gasteiger partial charge on any atom is -0.349 e. The molecule has 0 unspecified atom stereocenters. The molecule has 5 nitrogen and oxygen atoms in total. The van der Waals surface area contributed by atoms with Gasteiger partial charge in [0.05, 0.1) is 12.2 Å². The smallest absolute Gasteiger partial charge is 0.222 e. The lowest BCUT2D eigenvalue weighted by Gasteiger charge is -1.99. The molecule has 0 saturated heterocycles. The molecule has 0 fully saturated rings.